The molecule has 1 N–H and O–H groups in total. The Hall–Kier alpha value is -0.850. The number of aromatic nitrogens is 1. The minimum atomic E-state index is -3.09. The number of pyridine rings is 1. The highest BCUT2D eigenvalue weighted by Gasteiger charge is 2.37. The summed E-state index contributed by atoms with van der Waals surface area (Å²) in [7, 11) is -3.09. The van der Waals surface area contributed by atoms with E-state index in [0.717, 1.165) is 38.5 Å². The van der Waals surface area contributed by atoms with Gasteiger partial charge in [0, 0.05) is 18.3 Å². The molecule has 2 fully saturated rings. The molecule has 2 saturated carbocycles. The van der Waals surface area contributed by atoms with Crippen LogP contribution in [0.4, 0.5) is 0 Å². The van der Waals surface area contributed by atoms with Crippen LogP contribution >= 0.6 is 11.6 Å². The van der Waals surface area contributed by atoms with E-state index in [4.69, 9.17) is 16.3 Å². The second-order valence-electron chi connectivity index (χ2n) is 5.77. The Morgan fingerprint density at radius 1 is 1.14 bits per heavy atom. The number of nitrogens with zero attached hydrogens (tertiary/aromatic N) is 1. The molecule has 0 atom stereocenters. The van der Waals surface area contributed by atoms with E-state index in [-0.39, 0.29) is 17.4 Å². The van der Waals surface area contributed by atoms with E-state index >= 15 is 0 Å². The Kier molecular flexibility index (Phi) is 4.38. The van der Waals surface area contributed by atoms with Crippen molar-refractivity contribution in [1.29, 1.82) is 0 Å². The van der Waals surface area contributed by atoms with Crippen molar-refractivity contribution in [1.82, 2.24) is 9.71 Å². The zero-order valence-corrected chi connectivity index (χ0v) is 13.2. The summed E-state index contributed by atoms with van der Waals surface area (Å²) in [5.41, 5.74) is 0. The molecule has 21 heavy (non-hydrogen) atoms. The van der Waals surface area contributed by atoms with Crippen LogP contribution in [0.25, 0.3) is 0 Å². The largest absolute Gasteiger partial charge is 0.474 e. The quantitative estimate of drug-likeness (QED) is 0.900. The van der Waals surface area contributed by atoms with Gasteiger partial charge in [0.05, 0.1) is 10.3 Å². The van der Waals surface area contributed by atoms with Gasteiger partial charge in [0.2, 0.25) is 15.9 Å². The molecule has 116 valence electrons. The van der Waals surface area contributed by atoms with Crippen molar-refractivity contribution < 1.29 is 13.2 Å². The minimum absolute atomic E-state index is 0.0497. The zero-order chi connectivity index (χ0) is 14.9. The van der Waals surface area contributed by atoms with Crippen LogP contribution < -0.4 is 9.46 Å². The molecule has 0 amide bonds. The number of rotatable bonds is 5. The van der Waals surface area contributed by atoms with Crippen LogP contribution in [-0.4, -0.2) is 30.8 Å². The van der Waals surface area contributed by atoms with Gasteiger partial charge < -0.3 is 4.74 Å². The lowest BCUT2D eigenvalue weighted by molar-refractivity contribution is 0.138. The molecule has 3 rings (SSSR count). The minimum Gasteiger partial charge on any atom is -0.474 e. The lowest BCUT2D eigenvalue weighted by Crippen LogP contribution is -2.41. The van der Waals surface area contributed by atoms with E-state index in [1.54, 1.807) is 18.3 Å². The molecular formula is C14H19ClN2O3S. The third-order valence-electron chi connectivity index (χ3n) is 3.96. The molecule has 0 spiro atoms. The topological polar surface area (TPSA) is 68.3 Å². The van der Waals surface area contributed by atoms with Crippen molar-refractivity contribution in [2.75, 3.05) is 0 Å². The van der Waals surface area contributed by atoms with Gasteiger partial charge in [-0.2, -0.15) is 0 Å². The van der Waals surface area contributed by atoms with Crippen molar-refractivity contribution in [3.05, 3.63) is 23.4 Å². The molecule has 0 aromatic carbocycles. The summed E-state index contributed by atoms with van der Waals surface area (Å²) in [6, 6.07) is 3.55. The third kappa shape index (κ3) is 4.08. The van der Waals surface area contributed by atoms with Crippen LogP contribution in [0.3, 0.4) is 0 Å². The number of hydrogen-bond donors (Lipinski definition) is 1. The standard InChI is InChI=1S/C14H19ClN2O3S/c15-10-1-8-14(16-9-10)20-12-4-2-11(3-5-12)17-21(18,19)13-6-7-13/h1,8-9,11-13,17H,2-7H2. The second kappa shape index (κ2) is 6.10. The average Bonchev–Trinajstić information content (AvgIpc) is 3.28. The van der Waals surface area contributed by atoms with Gasteiger partial charge in [0.15, 0.2) is 0 Å². The van der Waals surface area contributed by atoms with Crippen molar-refractivity contribution in [3.63, 3.8) is 0 Å². The van der Waals surface area contributed by atoms with Gasteiger partial charge in [0.25, 0.3) is 0 Å². The van der Waals surface area contributed by atoms with Crippen LogP contribution in [0.15, 0.2) is 18.3 Å². The molecule has 0 unspecified atom stereocenters. The first kappa shape index (κ1) is 15.1. The van der Waals surface area contributed by atoms with Gasteiger partial charge in [-0.25, -0.2) is 18.1 Å². The first-order valence-corrected chi connectivity index (χ1v) is 9.25. The lowest BCUT2D eigenvalue weighted by Gasteiger charge is -2.29. The highest BCUT2D eigenvalue weighted by Crippen LogP contribution is 2.30. The molecule has 0 bridgehead atoms. The van der Waals surface area contributed by atoms with Crippen LogP contribution in [0, 0.1) is 0 Å². The van der Waals surface area contributed by atoms with E-state index in [0.29, 0.717) is 10.9 Å². The fourth-order valence-electron chi connectivity index (χ4n) is 2.61. The zero-order valence-electron chi connectivity index (χ0n) is 11.7. The van der Waals surface area contributed by atoms with Crippen molar-refractivity contribution in [3.8, 4) is 5.88 Å². The van der Waals surface area contributed by atoms with E-state index in [2.05, 4.69) is 9.71 Å². The van der Waals surface area contributed by atoms with Crippen LogP contribution in [0.5, 0.6) is 5.88 Å². The molecule has 7 heteroatoms. The van der Waals surface area contributed by atoms with Crippen LogP contribution in [0.2, 0.25) is 5.02 Å². The predicted octanol–water partition coefficient (Wildman–Crippen LogP) is 2.51. The van der Waals surface area contributed by atoms with Crippen LogP contribution in [0.1, 0.15) is 38.5 Å². The third-order valence-corrected chi connectivity index (χ3v) is 6.19. The fraction of sp³-hybridized carbons (Fsp3) is 0.643. The molecule has 1 aromatic rings. The average molecular weight is 331 g/mol. The van der Waals surface area contributed by atoms with E-state index in [9.17, 15) is 8.42 Å². The van der Waals surface area contributed by atoms with E-state index < -0.39 is 10.0 Å². The maximum absolute atomic E-state index is 11.9. The molecule has 5 nitrogen and oxygen atoms in total. The summed E-state index contributed by atoms with van der Waals surface area (Å²) in [6.07, 6.45) is 6.55. The maximum atomic E-state index is 11.9. The van der Waals surface area contributed by atoms with Crippen LogP contribution in [-0.2, 0) is 10.0 Å². The van der Waals surface area contributed by atoms with E-state index in [1.165, 1.54) is 0 Å². The van der Waals surface area contributed by atoms with E-state index in [1.807, 2.05) is 0 Å². The first-order valence-electron chi connectivity index (χ1n) is 7.32. The smallest absolute Gasteiger partial charge is 0.214 e. The number of sulfonamides is 1. The highest BCUT2D eigenvalue weighted by atomic mass is 35.5. The molecule has 2 aliphatic carbocycles. The Morgan fingerprint density at radius 2 is 1.86 bits per heavy atom. The molecule has 2 aliphatic rings. The summed E-state index contributed by atoms with van der Waals surface area (Å²) in [5.74, 6) is 0.571. The Bertz CT molecular complexity index is 579. The Morgan fingerprint density at radius 3 is 2.43 bits per heavy atom. The van der Waals surface area contributed by atoms with Gasteiger partial charge in [-0.15, -0.1) is 0 Å². The Labute approximate surface area is 130 Å². The van der Waals surface area contributed by atoms with Gasteiger partial charge in [-0.3, -0.25) is 0 Å². The summed E-state index contributed by atoms with van der Waals surface area (Å²) in [5, 5.41) is 0.435. The number of ether oxygens (including phenoxy) is 1. The van der Waals surface area contributed by atoms with Crippen molar-refractivity contribution in [2.24, 2.45) is 0 Å². The fourth-order valence-corrected chi connectivity index (χ4v) is 4.37. The number of nitrogens with one attached hydrogen (secondary N) is 1. The summed E-state index contributed by atoms with van der Waals surface area (Å²) in [6.45, 7) is 0. The SMILES string of the molecule is O=S(=O)(NC1CCC(Oc2ccc(Cl)cn2)CC1)C1CC1. The van der Waals surface area contributed by atoms with Crippen molar-refractivity contribution in [2.45, 2.75) is 55.9 Å². The predicted molar refractivity (Wildman–Crippen MR) is 81.0 cm³/mol. The maximum Gasteiger partial charge on any atom is 0.214 e. The molecule has 0 saturated heterocycles. The Balaban J connectivity index is 1.47. The van der Waals surface area contributed by atoms with Gasteiger partial charge in [-0.1, -0.05) is 11.6 Å². The van der Waals surface area contributed by atoms with Gasteiger partial charge in [0.1, 0.15) is 6.10 Å². The number of hydrogen-bond acceptors (Lipinski definition) is 4. The lowest BCUT2D eigenvalue weighted by atomic mass is 9.94. The van der Waals surface area contributed by atoms with Gasteiger partial charge in [-0.05, 0) is 44.6 Å². The number of halogens is 1. The van der Waals surface area contributed by atoms with Gasteiger partial charge >= 0.3 is 0 Å². The molecule has 1 heterocycles. The summed E-state index contributed by atoms with van der Waals surface area (Å²) < 4.78 is 32.4. The summed E-state index contributed by atoms with van der Waals surface area (Å²) >= 11 is 5.78. The van der Waals surface area contributed by atoms with Crippen molar-refractivity contribution >= 4 is 21.6 Å². The normalized spacial score (nSPS) is 26.5. The first-order chi connectivity index (χ1) is 10.0. The molecular weight excluding hydrogens is 312 g/mol. The monoisotopic (exact) mass is 330 g/mol. The summed E-state index contributed by atoms with van der Waals surface area (Å²) in [4.78, 5) is 4.12. The highest BCUT2D eigenvalue weighted by molar-refractivity contribution is 7.90. The molecule has 0 aliphatic heterocycles. The molecule has 0 radical (unpaired) electrons. The second-order valence-corrected chi connectivity index (χ2v) is 8.20. The molecule has 1 aromatic heterocycles.